The lowest BCUT2D eigenvalue weighted by atomic mass is 10.2. The van der Waals surface area contributed by atoms with Crippen LogP contribution in [0.5, 0.6) is 0 Å². The summed E-state index contributed by atoms with van der Waals surface area (Å²) in [6, 6.07) is 2.41. The fourth-order valence-electron chi connectivity index (χ4n) is 2.75. The Morgan fingerprint density at radius 3 is 3.11 bits per heavy atom. The van der Waals surface area contributed by atoms with Crippen LogP contribution in [0.15, 0.2) is 16.7 Å². The maximum atomic E-state index is 9.24. The maximum Gasteiger partial charge on any atom is 0.120 e. The topological polar surface area (TPSA) is 48.6 Å². The van der Waals surface area contributed by atoms with E-state index in [9.17, 15) is 5.11 Å². The second-order valence-corrected chi connectivity index (χ2v) is 5.43. The van der Waals surface area contributed by atoms with Crippen molar-refractivity contribution in [2.24, 2.45) is 0 Å². The number of hydrogen-bond acceptors (Lipinski definition) is 4. The molecule has 1 fully saturated rings. The van der Waals surface area contributed by atoms with Gasteiger partial charge in [-0.3, -0.25) is 4.90 Å². The van der Waals surface area contributed by atoms with E-state index in [1.165, 1.54) is 24.8 Å². The van der Waals surface area contributed by atoms with E-state index in [1.807, 2.05) is 6.07 Å². The monoisotopic (exact) mass is 266 g/mol. The van der Waals surface area contributed by atoms with Gasteiger partial charge >= 0.3 is 0 Å². The predicted molar refractivity (Wildman–Crippen MR) is 76.1 cm³/mol. The van der Waals surface area contributed by atoms with Gasteiger partial charge < -0.3 is 14.8 Å². The van der Waals surface area contributed by atoms with Crippen LogP contribution in [-0.2, 0) is 6.54 Å². The molecule has 2 rings (SSSR count). The van der Waals surface area contributed by atoms with E-state index < -0.39 is 0 Å². The van der Waals surface area contributed by atoms with E-state index in [0.717, 1.165) is 38.4 Å². The number of hydrogen-bond donors (Lipinski definition) is 2. The third-order valence-corrected chi connectivity index (χ3v) is 4.01. The molecule has 2 heterocycles. The van der Waals surface area contributed by atoms with E-state index in [-0.39, 0.29) is 0 Å². The predicted octanol–water partition coefficient (Wildman–Crippen LogP) is 1.91. The number of nitrogens with one attached hydrogen (secondary N) is 1. The molecule has 0 spiro atoms. The Hall–Kier alpha value is -0.840. The molecule has 0 aliphatic carbocycles. The number of aliphatic hydroxyl groups excluding tert-OH is 1. The third-order valence-electron chi connectivity index (χ3n) is 4.01. The molecule has 0 amide bonds. The van der Waals surface area contributed by atoms with Crippen LogP contribution in [0.3, 0.4) is 0 Å². The second kappa shape index (κ2) is 7.68. The summed E-state index contributed by atoms with van der Waals surface area (Å²) in [5.74, 6) is 1.04. The summed E-state index contributed by atoms with van der Waals surface area (Å²) in [5.41, 5.74) is 1.22. The smallest absolute Gasteiger partial charge is 0.120 e. The van der Waals surface area contributed by atoms with Crippen LogP contribution in [0.4, 0.5) is 0 Å². The summed E-state index contributed by atoms with van der Waals surface area (Å²) in [6.45, 7) is 6.51. The van der Waals surface area contributed by atoms with Gasteiger partial charge in [0, 0.05) is 6.04 Å². The molecule has 1 aromatic rings. The van der Waals surface area contributed by atoms with Crippen molar-refractivity contribution in [2.45, 2.75) is 45.2 Å². The van der Waals surface area contributed by atoms with E-state index in [1.54, 1.807) is 6.26 Å². The number of unbranched alkanes of at least 4 members (excludes halogenated alkanes) is 1. The number of furan rings is 1. The highest BCUT2D eigenvalue weighted by molar-refractivity contribution is 5.13. The average Bonchev–Trinajstić information content (AvgIpc) is 3.02. The van der Waals surface area contributed by atoms with Gasteiger partial charge in [0.2, 0.25) is 0 Å². The van der Waals surface area contributed by atoms with Gasteiger partial charge in [0.1, 0.15) is 5.76 Å². The van der Waals surface area contributed by atoms with Crippen LogP contribution in [0.2, 0.25) is 0 Å². The highest BCUT2D eigenvalue weighted by Crippen LogP contribution is 2.16. The number of nitrogens with zero attached hydrogens (tertiary/aromatic N) is 1. The van der Waals surface area contributed by atoms with Crippen LogP contribution < -0.4 is 5.32 Å². The van der Waals surface area contributed by atoms with Crippen LogP contribution in [0.25, 0.3) is 0 Å². The molecule has 0 aromatic carbocycles. The first-order valence-corrected chi connectivity index (χ1v) is 7.40. The van der Waals surface area contributed by atoms with Gasteiger partial charge in [-0.1, -0.05) is 0 Å². The molecule has 4 nitrogen and oxygen atoms in total. The van der Waals surface area contributed by atoms with Gasteiger partial charge in [-0.2, -0.15) is 0 Å². The molecule has 1 aliphatic rings. The molecule has 4 heteroatoms. The lowest BCUT2D eigenvalue weighted by Crippen LogP contribution is -2.33. The first-order valence-electron chi connectivity index (χ1n) is 7.40. The summed E-state index contributed by atoms with van der Waals surface area (Å²) in [4.78, 5) is 2.43. The average molecular weight is 266 g/mol. The van der Waals surface area contributed by atoms with E-state index >= 15 is 0 Å². The van der Waals surface area contributed by atoms with Gasteiger partial charge in [0.05, 0.1) is 19.4 Å². The largest absolute Gasteiger partial charge is 0.468 e. The summed E-state index contributed by atoms with van der Waals surface area (Å²) in [5, 5.41) is 12.7. The van der Waals surface area contributed by atoms with Crippen molar-refractivity contribution in [3.05, 3.63) is 23.7 Å². The summed E-state index contributed by atoms with van der Waals surface area (Å²) >= 11 is 0. The van der Waals surface area contributed by atoms with E-state index in [2.05, 4.69) is 17.1 Å². The van der Waals surface area contributed by atoms with Crippen LogP contribution in [-0.4, -0.2) is 42.3 Å². The van der Waals surface area contributed by atoms with Crippen molar-refractivity contribution in [2.75, 3.05) is 26.2 Å². The van der Waals surface area contributed by atoms with Gasteiger partial charge in [-0.15, -0.1) is 0 Å². The Balaban J connectivity index is 1.52. The standard InChI is InChI=1S/C15H26N2O2/c1-13-6-10-19-15(13)11-16-7-2-3-8-17-9-4-5-14(17)12-18/h6,10,14,16,18H,2-5,7-9,11-12H2,1H3. The molecule has 19 heavy (non-hydrogen) atoms. The summed E-state index contributed by atoms with van der Waals surface area (Å²) < 4.78 is 5.38. The molecular formula is C15H26N2O2. The van der Waals surface area contributed by atoms with E-state index in [0.29, 0.717) is 12.6 Å². The van der Waals surface area contributed by atoms with Crippen molar-refractivity contribution in [1.82, 2.24) is 10.2 Å². The maximum absolute atomic E-state index is 9.24. The van der Waals surface area contributed by atoms with Crippen LogP contribution in [0, 0.1) is 6.92 Å². The van der Waals surface area contributed by atoms with Crippen molar-refractivity contribution in [1.29, 1.82) is 0 Å². The fourth-order valence-corrected chi connectivity index (χ4v) is 2.75. The molecule has 1 unspecified atom stereocenters. The van der Waals surface area contributed by atoms with Gasteiger partial charge in [0.25, 0.3) is 0 Å². The molecule has 1 aromatic heterocycles. The Morgan fingerprint density at radius 2 is 2.37 bits per heavy atom. The summed E-state index contributed by atoms with van der Waals surface area (Å²) in [6.07, 6.45) is 6.51. The van der Waals surface area contributed by atoms with E-state index in [4.69, 9.17) is 4.42 Å². The number of likely N-dealkylation sites (tertiary alicyclic amines) is 1. The minimum absolute atomic E-state index is 0.315. The molecule has 0 saturated carbocycles. The Labute approximate surface area is 115 Å². The Morgan fingerprint density at radius 1 is 1.47 bits per heavy atom. The fraction of sp³-hybridized carbons (Fsp3) is 0.733. The molecule has 0 radical (unpaired) electrons. The first-order chi connectivity index (χ1) is 9.31. The van der Waals surface area contributed by atoms with Crippen molar-refractivity contribution >= 4 is 0 Å². The molecule has 1 aliphatic heterocycles. The number of aliphatic hydroxyl groups is 1. The van der Waals surface area contributed by atoms with Crippen molar-refractivity contribution in [3.8, 4) is 0 Å². The summed E-state index contributed by atoms with van der Waals surface area (Å²) in [7, 11) is 0. The second-order valence-electron chi connectivity index (χ2n) is 5.43. The quantitative estimate of drug-likeness (QED) is 0.706. The Kier molecular flexibility index (Phi) is 5.89. The molecule has 1 atom stereocenters. The van der Waals surface area contributed by atoms with Crippen molar-refractivity contribution < 1.29 is 9.52 Å². The molecule has 2 N–H and O–H groups in total. The van der Waals surface area contributed by atoms with Crippen molar-refractivity contribution in [3.63, 3.8) is 0 Å². The van der Waals surface area contributed by atoms with Crippen LogP contribution >= 0.6 is 0 Å². The lowest BCUT2D eigenvalue weighted by Gasteiger charge is -2.22. The Bertz CT molecular complexity index is 365. The zero-order valence-corrected chi connectivity index (χ0v) is 11.9. The number of rotatable bonds is 8. The van der Waals surface area contributed by atoms with Gasteiger partial charge in [-0.25, -0.2) is 0 Å². The normalized spacial score (nSPS) is 20.2. The third kappa shape index (κ3) is 4.34. The van der Waals surface area contributed by atoms with Gasteiger partial charge in [0.15, 0.2) is 0 Å². The molecular weight excluding hydrogens is 240 g/mol. The highest BCUT2D eigenvalue weighted by atomic mass is 16.3. The first kappa shape index (κ1) is 14.6. The molecule has 1 saturated heterocycles. The minimum Gasteiger partial charge on any atom is -0.468 e. The highest BCUT2D eigenvalue weighted by Gasteiger charge is 2.22. The molecule has 0 bridgehead atoms. The SMILES string of the molecule is Cc1ccoc1CNCCCCN1CCCC1CO. The number of aryl methyl sites for hydroxylation is 1. The zero-order valence-electron chi connectivity index (χ0n) is 11.9. The lowest BCUT2D eigenvalue weighted by molar-refractivity contribution is 0.157. The van der Waals surface area contributed by atoms with Gasteiger partial charge in [-0.05, 0) is 63.9 Å². The molecule has 108 valence electrons. The van der Waals surface area contributed by atoms with Crippen LogP contribution in [0.1, 0.15) is 37.0 Å². The zero-order chi connectivity index (χ0) is 13.5. The minimum atomic E-state index is 0.315.